The van der Waals surface area contributed by atoms with Crippen molar-refractivity contribution < 1.29 is 17.9 Å². The van der Waals surface area contributed by atoms with Gasteiger partial charge >= 0.3 is 13.6 Å². The lowest BCUT2D eigenvalue weighted by Gasteiger charge is -2.37. The molecule has 1 radical (unpaired) electrons. The molecule has 1 N–H and O–H groups in total. The summed E-state index contributed by atoms with van der Waals surface area (Å²) in [6.07, 6.45) is 2.56. The minimum Gasteiger partial charge on any atom is -0.520 e. The summed E-state index contributed by atoms with van der Waals surface area (Å²) in [7, 11) is -2.37. The number of hydrogen-bond donors (Lipinski definition) is 1. The highest BCUT2D eigenvalue weighted by atomic mass is 32.2. The van der Waals surface area contributed by atoms with E-state index in [9.17, 15) is 13.2 Å². The molecule has 2 aliphatic rings. The third-order valence-corrected chi connectivity index (χ3v) is 6.72. The fraction of sp³-hybridized carbons (Fsp3) is 0.500. The molecule has 2 atom stereocenters. The molecule has 1 aliphatic heterocycles. The van der Waals surface area contributed by atoms with Gasteiger partial charge in [0.1, 0.15) is 5.54 Å². The topological polar surface area (TPSA) is 72.5 Å². The van der Waals surface area contributed by atoms with Crippen LogP contribution in [0.4, 0.5) is 0 Å². The molecule has 2 fully saturated rings. The number of rotatable bonds is 2. The van der Waals surface area contributed by atoms with E-state index in [1.54, 1.807) is 24.3 Å². The number of hydrogen-bond acceptors (Lipinski definition) is 5. The summed E-state index contributed by atoms with van der Waals surface area (Å²) in [5, 5.41) is 2.10. The molecule has 0 amide bonds. The fourth-order valence-corrected chi connectivity index (χ4v) is 5.34. The first-order chi connectivity index (χ1) is 9.97. The average Bonchev–Trinajstić information content (AvgIpc) is 2.81. The van der Waals surface area contributed by atoms with Crippen molar-refractivity contribution in [3.05, 3.63) is 29.8 Å². The molecule has 1 heterocycles. The quantitative estimate of drug-likeness (QED) is 0.829. The number of aryl methyl sites for hydroxylation is 1. The van der Waals surface area contributed by atoms with Gasteiger partial charge in [0.05, 0.1) is 10.1 Å². The van der Waals surface area contributed by atoms with Crippen molar-refractivity contribution in [2.24, 2.45) is 0 Å². The van der Waals surface area contributed by atoms with Crippen molar-refractivity contribution in [3.8, 4) is 0 Å². The SMILES string of the molecule is Cc1ccc(S(=O)(=O)C2CCCCC23N[B]OC3=O)cc1. The van der Waals surface area contributed by atoms with Gasteiger partial charge in [-0.2, -0.15) is 0 Å². The Morgan fingerprint density at radius 2 is 2.00 bits per heavy atom. The summed E-state index contributed by atoms with van der Waals surface area (Å²) < 4.78 is 30.8. The normalized spacial score (nSPS) is 29.2. The maximum atomic E-state index is 12.9. The largest absolute Gasteiger partial charge is 0.520 e. The summed E-state index contributed by atoms with van der Waals surface area (Å²) in [4.78, 5) is 12.4. The van der Waals surface area contributed by atoms with E-state index >= 15 is 0 Å². The number of nitrogens with one attached hydrogen (secondary N) is 1. The van der Waals surface area contributed by atoms with Crippen LogP contribution in [0.15, 0.2) is 29.2 Å². The highest BCUT2D eigenvalue weighted by Gasteiger charge is 2.56. The molecule has 5 nitrogen and oxygen atoms in total. The second-order valence-corrected chi connectivity index (χ2v) is 7.86. The van der Waals surface area contributed by atoms with Crippen LogP contribution < -0.4 is 5.23 Å². The first-order valence-electron chi connectivity index (χ1n) is 7.08. The Morgan fingerprint density at radius 3 is 2.62 bits per heavy atom. The van der Waals surface area contributed by atoms with E-state index in [0.717, 1.165) is 18.4 Å². The van der Waals surface area contributed by atoms with Crippen LogP contribution >= 0.6 is 0 Å². The summed E-state index contributed by atoms with van der Waals surface area (Å²) in [6, 6.07) is 6.76. The summed E-state index contributed by atoms with van der Waals surface area (Å²) >= 11 is 0. The van der Waals surface area contributed by atoms with Crippen molar-refractivity contribution in [3.63, 3.8) is 0 Å². The van der Waals surface area contributed by atoms with Crippen molar-refractivity contribution in [2.45, 2.75) is 48.3 Å². The lowest BCUT2D eigenvalue weighted by Crippen LogP contribution is -2.59. The van der Waals surface area contributed by atoms with Crippen LogP contribution in [0.25, 0.3) is 0 Å². The summed E-state index contributed by atoms with van der Waals surface area (Å²) in [5.41, 5.74) is -0.124. The number of benzene rings is 1. The van der Waals surface area contributed by atoms with Gasteiger partial charge in [0.2, 0.25) is 0 Å². The lowest BCUT2D eigenvalue weighted by atomic mass is 9.81. The van der Waals surface area contributed by atoms with E-state index in [2.05, 4.69) is 5.23 Å². The van der Waals surface area contributed by atoms with Gasteiger partial charge in [0, 0.05) is 0 Å². The minimum atomic E-state index is -3.59. The second kappa shape index (κ2) is 5.14. The Labute approximate surface area is 125 Å². The Balaban J connectivity index is 2.03. The van der Waals surface area contributed by atoms with E-state index in [1.165, 1.54) is 7.62 Å². The van der Waals surface area contributed by atoms with E-state index in [-0.39, 0.29) is 4.90 Å². The molecule has 1 aliphatic carbocycles. The van der Waals surface area contributed by atoms with E-state index in [4.69, 9.17) is 4.65 Å². The third kappa shape index (κ3) is 2.28. The summed E-state index contributed by atoms with van der Waals surface area (Å²) in [6.45, 7) is 1.91. The van der Waals surface area contributed by atoms with E-state index in [1.807, 2.05) is 6.92 Å². The zero-order valence-electron chi connectivity index (χ0n) is 11.8. The van der Waals surface area contributed by atoms with Crippen molar-refractivity contribution in [2.75, 3.05) is 0 Å². The maximum Gasteiger partial charge on any atom is 0.480 e. The molecule has 3 rings (SSSR count). The minimum absolute atomic E-state index is 0.265. The van der Waals surface area contributed by atoms with Gasteiger partial charge in [0.25, 0.3) is 0 Å². The van der Waals surface area contributed by atoms with Gasteiger partial charge < -0.3 is 9.88 Å². The van der Waals surface area contributed by atoms with Crippen LogP contribution in [0.3, 0.4) is 0 Å². The molecule has 0 aromatic heterocycles. The molecule has 7 heteroatoms. The summed E-state index contributed by atoms with van der Waals surface area (Å²) in [5.74, 6) is -0.483. The molecule has 21 heavy (non-hydrogen) atoms. The third-order valence-electron chi connectivity index (χ3n) is 4.41. The standard InChI is InChI=1S/C14H17BNO4S/c1-10-5-7-11(8-6-10)21(18,19)12-4-2-3-9-14(12)13(17)20-15-16-14/h5-8,12,16H,2-4,9H2,1H3. The second-order valence-electron chi connectivity index (χ2n) is 5.73. The molecular formula is C14H17BNO4S. The van der Waals surface area contributed by atoms with Crippen molar-refractivity contribution in [1.82, 2.24) is 5.23 Å². The van der Waals surface area contributed by atoms with Crippen LogP contribution in [0.5, 0.6) is 0 Å². The van der Waals surface area contributed by atoms with Crippen LogP contribution in [0.1, 0.15) is 31.2 Å². The van der Waals surface area contributed by atoms with Crippen molar-refractivity contribution >= 4 is 23.4 Å². The predicted molar refractivity (Wildman–Crippen MR) is 78.3 cm³/mol. The first-order valence-corrected chi connectivity index (χ1v) is 8.62. The molecule has 1 saturated heterocycles. The Morgan fingerprint density at radius 1 is 1.29 bits per heavy atom. The van der Waals surface area contributed by atoms with Gasteiger partial charge in [0.15, 0.2) is 9.84 Å². The van der Waals surface area contributed by atoms with E-state index in [0.29, 0.717) is 12.8 Å². The van der Waals surface area contributed by atoms with E-state index < -0.39 is 26.6 Å². The highest BCUT2D eigenvalue weighted by Crippen LogP contribution is 2.38. The van der Waals surface area contributed by atoms with Gasteiger partial charge in [-0.3, -0.25) is 4.79 Å². The Hall–Kier alpha value is -1.34. The molecule has 2 unspecified atom stereocenters. The van der Waals surface area contributed by atoms with Gasteiger partial charge in [-0.05, 0) is 31.9 Å². The molecule has 0 bridgehead atoms. The Bertz CT molecular complexity index is 658. The van der Waals surface area contributed by atoms with Crippen molar-refractivity contribution in [1.29, 1.82) is 0 Å². The monoisotopic (exact) mass is 306 g/mol. The molecule has 111 valence electrons. The Kier molecular flexibility index (Phi) is 3.57. The molecule has 1 saturated carbocycles. The first kappa shape index (κ1) is 14.6. The zero-order chi connectivity index (χ0) is 15.1. The van der Waals surface area contributed by atoms with Gasteiger partial charge in [-0.25, -0.2) is 8.42 Å². The predicted octanol–water partition coefficient (Wildman–Crippen LogP) is 1.13. The van der Waals surface area contributed by atoms with Crippen LogP contribution in [0.2, 0.25) is 0 Å². The number of carbonyl (C=O) groups is 1. The number of carbonyl (C=O) groups excluding carboxylic acids is 1. The molecular weight excluding hydrogens is 289 g/mol. The van der Waals surface area contributed by atoms with Crippen LogP contribution in [0, 0.1) is 6.92 Å². The fourth-order valence-electron chi connectivity index (χ4n) is 3.20. The van der Waals surface area contributed by atoms with Crippen LogP contribution in [-0.2, 0) is 19.3 Å². The van der Waals surface area contributed by atoms with Crippen LogP contribution in [-0.4, -0.2) is 32.8 Å². The maximum absolute atomic E-state index is 12.9. The molecule has 1 spiro atoms. The van der Waals surface area contributed by atoms with Gasteiger partial charge in [-0.15, -0.1) is 0 Å². The highest BCUT2D eigenvalue weighted by molar-refractivity contribution is 7.92. The number of sulfone groups is 1. The lowest BCUT2D eigenvalue weighted by molar-refractivity contribution is -0.138. The molecule has 1 aromatic rings. The smallest absolute Gasteiger partial charge is 0.480 e. The van der Waals surface area contributed by atoms with Gasteiger partial charge in [-0.1, -0.05) is 30.5 Å². The zero-order valence-corrected chi connectivity index (χ0v) is 12.7. The average molecular weight is 306 g/mol. The molecule has 1 aromatic carbocycles.